The Morgan fingerprint density at radius 2 is 1.79 bits per heavy atom. The first-order valence-electron chi connectivity index (χ1n) is 9.74. The highest BCUT2D eigenvalue weighted by Gasteiger charge is 2.38. The summed E-state index contributed by atoms with van der Waals surface area (Å²) in [5.41, 5.74) is -1.11. The number of alkyl halides is 3. The molecule has 2 N–H and O–H groups in total. The first-order chi connectivity index (χ1) is 13.5. The summed E-state index contributed by atoms with van der Waals surface area (Å²) in [7, 11) is -4.24. The summed E-state index contributed by atoms with van der Waals surface area (Å²) >= 11 is 0. The zero-order valence-electron chi connectivity index (χ0n) is 16.3. The zero-order valence-corrected chi connectivity index (χ0v) is 17.1. The lowest BCUT2D eigenvalue weighted by atomic mass is 9.92. The molecule has 1 aromatic carbocycles. The van der Waals surface area contributed by atoms with Crippen LogP contribution in [0.1, 0.15) is 38.2 Å². The van der Waals surface area contributed by atoms with Gasteiger partial charge in [0, 0.05) is 37.8 Å². The van der Waals surface area contributed by atoms with Gasteiger partial charge in [0.1, 0.15) is 0 Å². The Kier molecular flexibility index (Phi) is 6.14. The van der Waals surface area contributed by atoms with Crippen LogP contribution in [-0.2, 0) is 21.0 Å². The number of primary sulfonamides is 1. The van der Waals surface area contributed by atoms with Gasteiger partial charge in [0.25, 0.3) is 0 Å². The van der Waals surface area contributed by atoms with Crippen molar-refractivity contribution in [2.24, 2.45) is 17.0 Å². The lowest BCUT2D eigenvalue weighted by molar-refractivity contribution is -0.139. The molecular formula is C19H26F3N3O3S. The molecule has 6 nitrogen and oxygen atoms in total. The lowest BCUT2D eigenvalue weighted by Gasteiger charge is -2.38. The number of likely N-dealkylation sites (tertiary alicyclic amines) is 1. The molecule has 2 heterocycles. The zero-order chi connectivity index (χ0) is 21.4. The highest BCUT2D eigenvalue weighted by Crippen LogP contribution is 2.39. The normalized spacial score (nSPS) is 22.0. The van der Waals surface area contributed by atoms with Crippen LogP contribution in [0.3, 0.4) is 0 Å². The number of nitrogens with zero attached hydrogens (tertiary/aromatic N) is 2. The molecule has 3 rings (SSSR count). The van der Waals surface area contributed by atoms with Crippen LogP contribution in [0.5, 0.6) is 0 Å². The summed E-state index contributed by atoms with van der Waals surface area (Å²) in [6.07, 6.45) is -1.68. The van der Waals surface area contributed by atoms with Gasteiger partial charge in [-0.25, -0.2) is 13.6 Å². The molecular weight excluding hydrogens is 407 g/mol. The number of sulfonamides is 1. The smallest absolute Gasteiger partial charge is 0.371 e. The molecule has 2 fully saturated rings. The van der Waals surface area contributed by atoms with E-state index in [2.05, 4.69) is 6.92 Å². The van der Waals surface area contributed by atoms with E-state index in [1.165, 1.54) is 0 Å². The summed E-state index contributed by atoms with van der Waals surface area (Å²) < 4.78 is 63.5. The van der Waals surface area contributed by atoms with E-state index in [9.17, 15) is 26.4 Å². The highest BCUT2D eigenvalue weighted by molar-refractivity contribution is 7.89. The first kappa shape index (κ1) is 21.9. The van der Waals surface area contributed by atoms with Gasteiger partial charge in [-0.05, 0) is 49.8 Å². The predicted molar refractivity (Wildman–Crippen MR) is 103 cm³/mol. The van der Waals surface area contributed by atoms with E-state index in [0.29, 0.717) is 37.9 Å². The Balaban J connectivity index is 1.74. The van der Waals surface area contributed by atoms with E-state index >= 15 is 0 Å². The van der Waals surface area contributed by atoms with Crippen molar-refractivity contribution in [2.45, 2.75) is 43.7 Å². The summed E-state index contributed by atoms with van der Waals surface area (Å²) in [5, 5.41) is 4.98. The van der Waals surface area contributed by atoms with E-state index in [1.807, 2.05) is 4.90 Å². The molecule has 2 aliphatic rings. The number of nitrogens with two attached hydrogens (primary N) is 1. The van der Waals surface area contributed by atoms with Gasteiger partial charge in [-0.15, -0.1) is 0 Å². The van der Waals surface area contributed by atoms with Crippen molar-refractivity contribution >= 4 is 21.6 Å². The molecule has 29 heavy (non-hydrogen) atoms. The lowest BCUT2D eigenvalue weighted by Crippen LogP contribution is -2.46. The van der Waals surface area contributed by atoms with Crippen LogP contribution >= 0.6 is 0 Å². The number of benzene rings is 1. The maximum atomic E-state index is 13.5. The SMILES string of the molecule is CC1CCCN(C(=O)C2CCN(c3ccc(S(N)(=O)=O)cc3C(F)(F)F)CC2)C1. The third kappa shape index (κ3) is 5.03. The number of carbonyl (C=O) groups is 1. The summed E-state index contributed by atoms with van der Waals surface area (Å²) in [4.78, 5) is 15.7. The number of anilines is 1. The van der Waals surface area contributed by atoms with Crippen molar-refractivity contribution in [1.29, 1.82) is 0 Å². The van der Waals surface area contributed by atoms with Gasteiger partial charge >= 0.3 is 6.18 Å². The Labute approximate surface area is 168 Å². The minimum absolute atomic E-state index is 0.0811. The molecule has 2 saturated heterocycles. The highest BCUT2D eigenvalue weighted by atomic mass is 32.2. The number of hydrogen-bond donors (Lipinski definition) is 1. The summed E-state index contributed by atoms with van der Waals surface area (Å²) in [6.45, 7) is 4.21. The van der Waals surface area contributed by atoms with Crippen molar-refractivity contribution < 1.29 is 26.4 Å². The molecule has 0 saturated carbocycles. The van der Waals surface area contributed by atoms with E-state index in [4.69, 9.17) is 5.14 Å². The number of piperidine rings is 2. The largest absolute Gasteiger partial charge is 0.418 e. The van der Waals surface area contributed by atoms with Crippen molar-refractivity contribution in [3.05, 3.63) is 23.8 Å². The summed E-state index contributed by atoms with van der Waals surface area (Å²) in [6, 6.07) is 2.82. The second-order valence-electron chi connectivity index (χ2n) is 8.01. The van der Waals surface area contributed by atoms with Crippen LogP contribution in [0.4, 0.5) is 18.9 Å². The standard InChI is InChI=1S/C19H26F3N3O3S/c1-13-3-2-8-25(12-13)18(26)14-6-9-24(10-7-14)17-5-4-15(29(23,27)28)11-16(17)19(20,21)22/h4-5,11,13-14H,2-3,6-10,12H2,1H3,(H2,23,27,28). The number of amides is 1. The average molecular weight is 433 g/mol. The minimum atomic E-state index is -4.72. The maximum Gasteiger partial charge on any atom is 0.418 e. The molecule has 162 valence electrons. The number of rotatable bonds is 3. The van der Waals surface area contributed by atoms with Crippen molar-refractivity contribution in [1.82, 2.24) is 4.90 Å². The molecule has 0 radical (unpaired) electrons. The van der Waals surface area contributed by atoms with Crippen LogP contribution in [-0.4, -0.2) is 45.4 Å². The Morgan fingerprint density at radius 3 is 2.34 bits per heavy atom. The number of carbonyl (C=O) groups excluding carboxylic acids is 1. The fourth-order valence-corrected chi connectivity index (χ4v) is 4.75. The van der Waals surface area contributed by atoms with Gasteiger partial charge in [0.15, 0.2) is 0 Å². The molecule has 1 unspecified atom stereocenters. The Morgan fingerprint density at radius 1 is 1.14 bits per heavy atom. The molecule has 1 amide bonds. The average Bonchev–Trinajstić information content (AvgIpc) is 2.66. The van der Waals surface area contributed by atoms with Crippen LogP contribution in [0, 0.1) is 11.8 Å². The Bertz CT molecular complexity index is 865. The molecule has 0 spiro atoms. The van der Waals surface area contributed by atoms with Crippen LogP contribution in [0.15, 0.2) is 23.1 Å². The van der Waals surface area contributed by atoms with Crippen molar-refractivity contribution in [3.8, 4) is 0 Å². The van der Waals surface area contributed by atoms with E-state index in [1.54, 1.807) is 4.90 Å². The fourth-order valence-electron chi connectivity index (χ4n) is 4.21. The van der Waals surface area contributed by atoms with Crippen LogP contribution < -0.4 is 10.0 Å². The number of hydrogen-bond acceptors (Lipinski definition) is 4. The quantitative estimate of drug-likeness (QED) is 0.795. The molecule has 10 heteroatoms. The van der Waals surface area contributed by atoms with Gasteiger partial charge in [0.05, 0.1) is 10.5 Å². The van der Waals surface area contributed by atoms with Crippen molar-refractivity contribution in [3.63, 3.8) is 0 Å². The molecule has 1 atom stereocenters. The van der Waals surface area contributed by atoms with E-state index in [0.717, 1.165) is 38.1 Å². The van der Waals surface area contributed by atoms with E-state index in [-0.39, 0.29) is 17.5 Å². The molecule has 1 aromatic rings. The Hall–Kier alpha value is -1.81. The van der Waals surface area contributed by atoms with Gasteiger partial charge in [-0.3, -0.25) is 4.79 Å². The maximum absolute atomic E-state index is 13.5. The number of halogens is 3. The first-order valence-corrected chi connectivity index (χ1v) is 11.3. The van der Waals surface area contributed by atoms with Crippen LogP contribution in [0.25, 0.3) is 0 Å². The van der Waals surface area contributed by atoms with Crippen LogP contribution in [0.2, 0.25) is 0 Å². The molecule has 0 aliphatic carbocycles. The molecule has 2 aliphatic heterocycles. The van der Waals surface area contributed by atoms with Gasteiger partial charge in [-0.1, -0.05) is 6.92 Å². The molecule has 0 bridgehead atoms. The van der Waals surface area contributed by atoms with Gasteiger partial charge in [-0.2, -0.15) is 13.2 Å². The van der Waals surface area contributed by atoms with Gasteiger partial charge in [0.2, 0.25) is 15.9 Å². The topological polar surface area (TPSA) is 83.7 Å². The summed E-state index contributed by atoms with van der Waals surface area (Å²) in [5.74, 6) is 0.380. The van der Waals surface area contributed by atoms with Gasteiger partial charge < -0.3 is 9.80 Å². The second-order valence-corrected chi connectivity index (χ2v) is 9.58. The fraction of sp³-hybridized carbons (Fsp3) is 0.632. The molecule has 0 aromatic heterocycles. The van der Waals surface area contributed by atoms with Crippen molar-refractivity contribution in [2.75, 3.05) is 31.1 Å². The third-order valence-electron chi connectivity index (χ3n) is 5.76. The second kappa shape index (κ2) is 8.14. The minimum Gasteiger partial charge on any atom is -0.371 e. The monoisotopic (exact) mass is 433 g/mol. The third-order valence-corrected chi connectivity index (χ3v) is 6.67. The van der Waals surface area contributed by atoms with E-state index < -0.39 is 26.7 Å². The predicted octanol–water partition coefficient (Wildman–Crippen LogP) is 2.83.